The van der Waals surface area contributed by atoms with Crippen LogP contribution in [0, 0.1) is 5.41 Å². The molecule has 1 aromatic carbocycles. The summed E-state index contributed by atoms with van der Waals surface area (Å²) in [5.74, 6) is 0. The molecule has 3 rings (SSSR count). The van der Waals surface area contributed by atoms with Crippen molar-refractivity contribution in [2.24, 2.45) is 5.41 Å². The number of hydrogen-bond donors (Lipinski definition) is 2. The quantitative estimate of drug-likeness (QED) is 0.843. The highest BCUT2D eigenvalue weighted by Gasteiger charge is 2.28. The highest BCUT2D eigenvalue weighted by molar-refractivity contribution is 6.30. The van der Waals surface area contributed by atoms with Crippen LogP contribution >= 0.6 is 11.6 Å². The molecule has 1 heterocycles. The molecule has 1 fully saturated rings. The maximum atomic E-state index is 7.57. The van der Waals surface area contributed by atoms with Gasteiger partial charge in [0.15, 0.2) is 0 Å². The molecule has 0 saturated carbocycles. The maximum Gasteiger partial charge on any atom is 0.0406 e. The Bertz CT molecular complexity index is 560. The topological polar surface area (TPSA) is 35.5 Å². The summed E-state index contributed by atoms with van der Waals surface area (Å²) in [6.45, 7) is 12.4. The zero-order valence-corrected chi connectivity index (χ0v) is 16.7. The minimum Gasteiger partial charge on any atom is -0.397 e. The van der Waals surface area contributed by atoms with Gasteiger partial charge in [0.1, 0.15) is 0 Å². The van der Waals surface area contributed by atoms with Gasteiger partial charge in [-0.2, -0.15) is 0 Å². The molecular formula is C21H33ClN2O. The van der Waals surface area contributed by atoms with Gasteiger partial charge in [-0.3, -0.25) is 4.90 Å². The molecule has 2 N–H and O–H groups in total. The van der Waals surface area contributed by atoms with Crippen LogP contribution in [0.2, 0.25) is 5.02 Å². The Labute approximate surface area is 158 Å². The van der Waals surface area contributed by atoms with Gasteiger partial charge in [0.2, 0.25) is 0 Å². The number of allylic oxidation sites excluding steroid dienone is 1. The first-order chi connectivity index (χ1) is 11.9. The van der Waals surface area contributed by atoms with Gasteiger partial charge in [-0.25, -0.2) is 0 Å². The van der Waals surface area contributed by atoms with E-state index in [9.17, 15) is 0 Å². The molecule has 0 radical (unpaired) electrons. The fourth-order valence-corrected chi connectivity index (χ4v) is 3.73. The maximum absolute atomic E-state index is 7.57. The zero-order valence-electron chi connectivity index (χ0n) is 15.9. The van der Waals surface area contributed by atoms with E-state index in [1.807, 2.05) is 12.1 Å². The number of hydrogen-bond acceptors (Lipinski definition) is 3. The predicted octanol–water partition coefficient (Wildman–Crippen LogP) is 4.21. The van der Waals surface area contributed by atoms with Crippen LogP contribution < -0.4 is 5.32 Å². The fraction of sp³-hybridized carbons (Fsp3) is 0.619. The normalized spacial score (nSPS) is 20.8. The van der Waals surface area contributed by atoms with E-state index >= 15 is 0 Å². The average Bonchev–Trinajstić information content (AvgIpc) is 2.59. The van der Waals surface area contributed by atoms with Gasteiger partial charge in [0.25, 0.3) is 0 Å². The van der Waals surface area contributed by atoms with Crippen LogP contribution in [0.5, 0.6) is 0 Å². The van der Waals surface area contributed by atoms with E-state index in [1.165, 1.54) is 37.9 Å². The second kappa shape index (κ2) is 9.72. The third kappa shape index (κ3) is 6.41. The second-order valence-corrected chi connectivity index (χ2v) is 8.21. The summed E-state index contributed by atoms with van der Waals surface area (Å²) in [6.07, 6.45) is 3.70. The molecule has 140 valence electrons. The molecule has 3 nitrogen and oxygen atoms in total. The van der Waals surface area contributed by atoms with Crippen LogP contribution in [-0.4, -0.2) is 49.3 Å². The third-order valence-electron chi connectivity index (χ3n) is 5.00. The summed E-state index contributed by atoms with van der Waals surface area (Å²) in [4.78, 5) is 2.60. The number of benzene rings is 1. The van der Waals surface area contributed by atoms with Crippen molar-refractivity contribution in [1.29, 1.82) is 0 Å². The van der Waals surface area contributed by atoms with E-state index in [-0.39, 0.29) is 6.61 Å². The van der Waals surface area contributed by atoms with E-state index in [2.05, 4.69) is 36.2 Å². The number of halogens is 1. The average molecular weight is 365 g/mol. The van der Waals surface area contributed by atoms with Crippen LogP contribution in [0.3, 0.4) is 0 Å². The predicted molar refractivity (Wildman–Crippen MR) is 108 cm³/mol. The van der Waals surface area contributed by atoms with E-state index in [0.29, 0.717) is 5.41 Å². The fourth-order valence-electron chi connectivity index (χ4n) is 3.60. The Kier molecular flexibility index (Phi) is 7.95. The van der Waals surface area contributed by atoms with Crippen LogP contribution in [-0.2, 0) is 0 Å². The van der Waals surface area contributed by atoms with Gasteiger partial charge in [-0.05, 0) is 54.9 Å². The van der Waals surface area contributed by atoms with Gasteiger partial charge < -0.3 is 10.4 Å². The summed E-state index contributed by atoms with van der Waals surface area (Å²) in [5.41, 5.74) is 4.97. The molecule has 1 aromatic rings. The Balaban J connectivity index is 0.000000701. The van der Waals surface area contributed by atoms with Crippen LogP contribution in [0.25, 0.3) is 5.57 Å². The van der Waals surface area contributed by atoms with Gasteiger partial charge in [-0.1, -0.05) is 43.2 Å². The van der Waals surface area contributed by atoms with E-state index < -0.39 is 0 Å². The van der Waals surface area contributed by atoms with Crippen molar-refractivity contribution in [3.05, 3.63) is 40.4 Å². The van der Waals surface area contributed by atoms with Crippen molar-refractivity contribution in [1.82, 2.24) is 10.2 Å². The molecule has 1 aliphatic carbocycles. The van der Waals surface area contributed by atoms with Crippen molar-refractivity contribution in [3.8, 4) is 0 Å². The standard InChI is InChI=1S/C19H27ClN2.C2H6O/c1-19(2)8-7-16(14-22-11-9-21-10-12-22)18(13-19)15-3-5-17(20)6-4-15;1-2-3/h3-6,21H,7-14H2,1-2H3;3H,2H2,1H3. The molecule has 1 saturated heterocycles. The smallest absolute Gasteiger partial charge is 0.0406 e. The number of aliphatic hydroxyl groups is 1. The number of piperazine rings is 1. The summed E-state index contributed by atoms with van der Waals surface area (Å²) in [5, 5.41) is 11.8. The SMILES string of the molecule is CC1(C)CCC(CN2CCNCC2)=C(c2ccc(Cl)cc2)C1.CCO. The molecule has 0 aromatic heterocycles. The molecule has 0 atom stereocenters. The number of nitrogens with one attached hydrogen (secondary N) is 1. The monoisotopic (exact) mass is 364 g/mol. The highest BCUT2D eigenvalue weighted by Crippen LogP contribution is 2.43. The van der Waals surface area contributed by atoms with E-state index in [4.69, 9.17) is 16.7 Å². The molecule has 1 aliphatic heterocycles. The van der Waals surface area contributed by atoms with Crippen molar-refractivity contribution in [3.63, 3.8) is 0 Å². The lowest BCUT2D eigenvalue weighted by Crippen LogP contribution is -2.44. The Morgan fingerprint density at radius 1 is 1.16 bits per heavy atom. The Morgan fingerprint density at radius 3 is 2.36 bits per heavy atom. The highest BCUT2D eigenvalue weighted by atomic mass is 35.5. The van der Waals surface area contributed by atoms with Gasteiger partial charge >= 0.3 is 0 Å². The summed E-state index contributed by atoms with van der Waals surface area (Å²) in [6, 6.07) is 8.43. The molecule has 0 spiro atoms. The van der Waals surface area contributed by atoms with Gasteiger partial charge in [0, 0.05) is 44.4 Å². The Morgan fingerprint density at radius 2 is 1.76 bits per heavy atom. The molecular weight excluding hydrogens is 332 g/mol. The van der Waals surface area contributed by atoms with Crippen LogP contribution in [0.15, 0.2) is 29.8 Å². The van der Waals surface area contributed by atoms with Gasteiger partial charge in [0.05, 0.1) is 0 Å². The first-order valence-corrected chi connectivity index (χ1v) is 9.84. The van der Waals surface area contributed by atoms with Crippen LogP contribution in [0.1, 0.15) is 45.6 Å². The van der Waals surface area contributed by atoms with Crippen molar-refractivity contribution >= 4 is 17.2 Å². The zero-order chi connectivity index (χ0) is 18.3. The second-order valence-electron chi connectivity index (χ2n) is 7.77. The van der Waals surface area contributed by atoms with E-state index in [0.717, 1.165) is 24.7 Å². The lowest BCUT2D eigenvalue weighted by molar-refractivity contribution is 0.249. The molecule has 4 heteroatoms. The number of nitrogens with zero attached hydrogens (tertiary/aromatic N) is 1. The minimum absolute atomic E-state index is 0.250. The summed E-state index contributed by atoms with van der Waals surface area (Å²) < 4.78 is 0. The van der Waals surface area contributed by atoms with Gasteiger partial charge in [-0.15, -0.1) is 0 Å². The van der Waals surface area contributed by atoms with Crippen molar-refractivity contribution < 1.29 is 5.11 Å². The molecule has 0 amide bonds. The largest absolute Gasteiger partial charge is 0.397 e. The molecule has 25 heavy (non-hydrogen) atoms. The number of aliphatic hydroxyl groups excluding tert-OH is 1. The van der Waals surface area contributed by atoms with Crippen molar-refractivity contribution in [2.75, 3.05) is 39.3 Å². The first kappa shape index (κ1) is 20.4. The lowest BCUT2D eigenvalue weighted by Gasteiger charge is -2.36. The summed E-state index contributed by atoms with van der Waals surface area (Å²) >= 11 is 6.07. The third-order valence-corrected chi connectivity index (χ3v) is 5.25. The first-order valence-electron chi connectivity index (χ1n) is 9.46. The van der Waals surface area contributed by atoms with Crippen LogP contribution in [0.4, 0.5) is 0 Å². The molecule has 2 aliphatic rings. The van der Waals surface area contributed by atoms with Crippen molar-refractivity contribution in [2.45, 2.75) is 40.0 Å². The van der Waals surface area contributed by atoms with E-state index in [1.54, 1.807) is 18.1 Å². The molecule has 0 unspecified atom stereocenters. The lowest BCUT2D eigenvalue weighted by atomic mass is 9.72. The molecule has 0 bridgehead atoms. The number of rotatable bonds is 3. The Hall–Kier alpha value is -0.870. The summed E-state index contributed by atoms with van der Waals surface area (Å²) in [7, 11) is 0. The minimum atomic E-state index is 0.250.